The summed E-state index contributed by atoms with van der Waals surface area (Å²) in [5.41, 5.74) is 2.22. The van der Waals surface area contributed by atoms with Crippen LogP contribution in [0.1, 0.15) is 31.2 Å². The molecular formula is C16H23NO3. The van der Waals surface area contributed by atoms with E-state index in [1.807, 2.05) is 18.2 Å². The third-order valence-corrected chi connectivity index (χ3v) is 3.59. The van der Waals surface area contributed by atoms with Gasteiger partial charge >= 0.3 is 0 Å². The molecule has 0 aliphatic heterocycles. The van der Waals surface area contributed by atoms with Gasteiger partial charge in [0.05, 0.1) is 6.04 Å². The van der Waals surface area contributed by atoms with Crippen LogP contribution in [0.5, 0.6) is 0 Å². The monoisotopic (exact) mass is 277 g/mol. The molecule has 2 rings (SSSR count). The van der Waals surface area contributed by atoms with Crippen molar-refractivity contribution in [1.82, 2.24) is 5.32 Å². The molecule has 4 nitrogen and oxygen atoms in total. The highest BCUT2D eigenvalue weighted by atomic mass is 16.7. The minimum atomic E-state index is -0.244. The molecule has 0 aliphatic rings. The average molecular weight is 277 g/mol. The number of ether oxygens (including phenoxy) is 2. The van der Waals surface area contributed by atoms with E-state index in [1.165, 1.54) is 10.9 Å². The zero-order valence-electron chi connectivity index (χ0n) is 12.6. The van der Waals surface area contributed by atoms with Gasteiger partial charge in [0.25, 0.3) is 0 Å². The zero-order valence-corrected chi connectivity index (χ0v) is 12.6. The molecule has 4 heteroatoms. The van der Waals surface area contributed by atoms with Gasteiger partial charge in [0.15, 0.2) is 6.29 Å². The van der Waals surface area contributed by atoms with E-state index in [0.717, 1.165) is 17.8 Å². The number of rotatable bonds is 7. The first kappa shape index (κ1) is 15.0. The first-order chi connectivity index (χ1) is 9.71. The van der Waals surface area contributed by atoms with E-state index in [0.29, 0.717) is 6.54 Å². The molecule has 0 aliphatic carbocycles. The number of para-hydroxylation sites is 1. The van der Waals surface area contributed by atoms with Crippen molar-refractivity contribution in [3.05, 3.63) is 35.6 Å². The van der Waals surface area contributed by atoms with Crippen LogP contribution in [0.4, 0.5) is 0 Å². The van der Waals surface area contributed by atoms with Crippen molar-refractivity contribution in [1.29, 1.82) is 0 Å². The summed E-state index contributed by atoms with van der Waals surface area (Å²) in [6.45, 7) is 4.87. The molecule has 1 unspecified atom stereocenters. The average Bonchev–Trinajstić information content (AvgIpc) is 2.86. The number of furan rings is 1. The van der Waals surface area contributed by atoms with E-state index in [1.54, 1.807) is 14.2 Å². The second kappa shape index (κ2) is 6.88. The minimum Gasteiger partial charge on any atom is -0.459 e. The Labute approximate surface area is 120 Å². The first-order valence-corrected chi connectivity index (χ1v) is 7.00. The van der Waals surface area contributed by atoms with Crippen LogP contribution in [-0.4, -0.2) is 27.1 Å². The summed E-state index contributed by atoms with van der Waals surface area (Å²) in [6, 6.07) is 8.29. The number of hydrogen-bond donors (Lipinski definition) is 1. The Hall–Kier alpha value is -1.36. The van der Waals surface area contributed by atoms with E-state index in [9.17, 15) is 0 Å². The highest BCUT2D eigenvalue weighted by Crippen LogP contribution is 2.30. The van der Waals surface area contributed by atoms with E-state index in [4.69, 9.17) is 13.9 Å². The molecule has 1 atom stereocenters. The fourth-order valence-electron chi connectivity index (χ4n) is 2.46. The third kappa shape index (κ3) is 3.03. The molecule has 1 aromatic heterocycles. The second-order valence-electron chi connectivity index (χ2n) is 4.83. The summed E-state index contributed by atoms with van der Waals surface area (Å²) < 4.78 is 16.4. The summed E-state index contributed by atoms with van der Waals surface area (Å²) in [5, 5.41) is 4.60. The van der Waals surface area contributed by atoms with Crippen LogP contribution in [0.3, 0.4) is 0 Å². The van der Waals surface area contributed by atoms with Crippen LogP contribution >= 0.6 is 0 Å². The standard InChI is InChI=1S/C16H23NO3/c1-5-12-13-8-6-7-9-14(13)20-16(12)11(2)17-10-15(18-3)19-4/h6-9,11,15,17H,5,10H2,1-4H3. The smallest absolute Gasteiger partial charge is 0.169 e. The zero-order chi connectivity index (χ0) is 14.5. The van der Waals surface area contributed by atoms with Gasteiger partial charge in [-0.25, -0.2) is 0 Å². The van der Waals surface area contributed by atoms with Crippen molar-refractivity contribution < 1.29 is 13.9 Å². The van der Waals surface area contributed by atoms with Crippen LogP contribution in [0.2, 0.25) is 0 Å². The second-order valence-corrected chi connectivity index (χ2v) is 4.83. The third-order valence-electron chi connectivity index (χ3n) is 3.59. The molecule has 0 radical (unpaired) electrons. The molecule has 1 heterocycles. The lowest BCUT2D eigenvalue weighted by molar-refractivity contribution is -0.0999. The van der Waals surface area contributed by atoms with Gasteiger partial charge < -0.3 is 19.2 Å². The number of methoxy groups -OCH3 is 2. The molecule has 0 saturated heterocycles. The molecule has 0 fully saturated rings. The molecule has 0 spiro atoms. The van der Waals surface area contributed by atoms with Gasteiger partial charge in [0.2, 0.25) is 0 Å². The Kier molecular flexibility index (Phi) is 5.17. The van der Waals surface area contributed by atoms with Gasteiger partial charge in [-0.05, 0) is 19.4 Å². The molecule has 0 amide bonds. The van der Waals surface area contributed by atoms with E-state index < -0.39 is 0 Å². The number of aryl methyl sites for hydroxylation is 1. The maximum atomic E-state index is 6.01. The Balaban J connectivity index is 2.19. The number of benzene rings is 1. The van der Waals surface area contributed by atoms with E-state index in [2.05, 4.69) is 25.2 Å². The van der Waals surface area contributed by atoms with Gasteiger partial charge in [0, 0.05) is 31.7 Å². The lowest BCUT2D eigenvalue weighted by atomic mass is 10.1. The summed E-state index contributed by atoms with van der Waals surface area (Å²) >= 11 is 0. The highest BCUT2D eigenvalue weighted by molar-refractivity contribution is 5.82. The van der Waals surface area contributed by atoms with Crippen molar-refractivity contribution in [2.24, 2.45) is 0 Å². The summed E-state index contributed by atoms with van der Waals surface area (Å²) in [7, 11) is 3.28. The Bertz CT molecular complexity index is 546. The largest absolute Gasteiger partial charge is 0.459 e. The molecular weight excluding hydrogens is 254 g/mol. The molecule has 2 aromatic rings. The van der Waals surface area contributed by atoms with Crippen LogP contribution < -0.4 is 5.32 Å². The molecule has 110 valence electrons. The number of nitrogens with one attached hydrogen (secondary N) is 1. The normalized spacial score (nSPS) is 13.2. The van der Waals surface area contributed by atoms with E-state index in [-0.39, 0.29) is 12.3 Å². The molecule has 1 N–H and O–H groups in total. The topological polar surface area (TPSA) is 43.6 Å². The summed E-state index contributed by atoms with van der Waals surface area (Å²) in [4.78, 5) is 0. The van der Waals surface area contributed by atoms with Crippen molar-refractivity contribution in [2.45, 2.75) is 32.6 Å². The Morgan fingerprint density at radius 3 is 2.55 bits per heavy atom. The van der Waals surface area contributed by atoms with Crippen molar-refractivity contribution >= 4 is 11.0 Å². The van der Waals surface area contributed by atoms with Gasteiger partial charge in [-0.1, -0.05) is 25.1 Å². The predicted octanol–water partition coefficient (Wildman–Crippen LogP) is 3.26. The highest BCUT2D eigenvalue weighted by Gasteiger charge is 2.18. The lowest BCUT2D eigenvalue weighted by Crippen LogP contribution is -2.31. The van der Waals surface area contributed by atoms with E-state index >= 15 is 0 Å². The fourth-order valence-corrected chi connectivity index (χ4v) is 2.46. The van der Waals surface area contributed by atoms with Gasteiger partial charge in [0.1, 0.15) is 11.3 Å². The lowest BCUT2D eigenvalue weighted by Gasteiger charge is -2.18. The quantitative estimate of drug-likeness (QED) is 0.789. The van der Waals surface area contributed by atoms with Gasteiger partial charge in [-0.15, -0.1) is 0 Å². The number of hydrogen-bond acceptors (Lipinski definition) is 4. The van der Waals surface area contributed by atoms with Crippen LogP contribution in [0.15, 0.2) is 28.7 Å². The molecule has 0 bridgehead atoms. The van der Waals surface area contributed by atoms with Crippen molar-refractivity contribution in [2.75, 3.05) is 20.8 Å². The maximum absolute atomic E-state index is 6.01. The summed E-state index contributed by atoms with van der Waals surface area (Å²) in [6.07, 6.45) is 0.711. The van der Waals surface area contributed by atoms with Crippen LogP contribution in [0.25, 0.3) is 11.0 Å². The molecule has 0 saturated carbocycles. The molecule has 1 aromatic carbocycles. The van der Waals surface area contributed by atoms with Crippen LogP contribution in [0, 0.1) is 0 Å². The first-order valence-electron chi connectivity index (χ1n) is 7.00. The SMILES string of the molecule is CCc1c(C(C)NCC(OC)OC)oc2ccccc12. The van der Waals surface area contributed by atoms with Gasteiger partial charge in [-0.2, -0.15) is 0 Å². The maximum Gasteiger partial charge on any atom is 0.169 e. The van der Waals surface area contributed by atoms with Crippen LogP contribution in [-0.2, 0) is 15.9 Å². The Morgan fingerprint density at radius 2 is 1.90 bits per heavy atom. The minimum absolute atomic E-state index is 0.116. The summed E-state index contributed by atoms with van der Waals surface area (Å²) in [5.74, 6) is 1.000. The fraction of sp³-hybridized carbons (Fsp3) is 0.500. The molecule has 20 heavy (non-hydrogen) atoms. The Morgan fingerprint density at radius 1 is 1.20 bits per heavy atom. The predicted molar refractivity (Wildman–Crippen MR) is 79.8 cm³/mol. The van der Waals surface area contributed by atoms with Crippen molar-refractivity contribution in [3.63, 3.8) is 0 Å². The van der Waals surface area contributed by atoms with Gasteiger partial charge in [-0.3, -0.25) is 0 Å². The number of fused-ring (bicyclic) bond motifs is 1. The van der Waals surface area contributed by atoms with Crippen molar-refractivity contribution in [3.8, 4) is 0 Å².